The van der Waals surface area contributed by atoms with Crippen LogP contribution in [0.1, 0.15) is 36.9 Å². The predicted molar refractivity (Wildman–Crippen MR) is 66.9 cm³/mol. The van der Waals surface area contributed by atoms with Gasteiger partial charge >= 0.3 is 5.97 Å². The van der Waals surface area contributed by atoms with Gasteiger partial charge in [-0.1, -0.05) is 31.2 Å². The Labute approximate surface area is 102 Å². The molecule has 0 aliphatic carbocycles. The van der Waals surface area contributed by atoms with Gasteiger partial charge in [0, 0.05) is 6.04 Å². The van der Waals surface area contributed by atoms with E-state index in [9.17, 15) is 4.79 Å². The maximum Gasteiger partial charge on any atom is 0.307 e. The number of benzene rings is 1. The summed E-state index contributed by atoms with van der Waals surface area (Å²) in [4.78, 5) is 10.6. The van der Waals surface area contributed by atoms with E-state index in [4.69, 9.17) is 5.11 Å². The Bertz CT molecular complexity index is 378. The molecule has 0 spiro atoms. The minimum Gasteiger partial charge on any atom is -0.481 e. The zero-order valence-electron chi connectivity index (χ0n) is 10.1. The standard InChI is InChI=1S/C14H19NO2/c1-10-2-7-13(15-9-10)12-5-3-11(4-6-12)8-14(16)17/h3-6,10,13,15H,2,7-9H2,1H3,(H,16,17)/t10-,13+/m1/s1. The van der Waals surface area contributed by atoms with Gasteiger partial charge < -0.3 is 10.4 Å². The van der Waals surface area contributed by atoms with Crippen molar-refractivity contribution in [3.63, 3.8) is 0 Å². The molecule has 1 aliphatic rings. The molecule has 0 aromatic heterocycles. The lowest BCUT2D eigenvalue weighted by molar-refractivity contribution is -0.136. The molecule has 3 heteroatoms. The van der Waals surface area contributed by atoms with Crippen molar-refractivity contribution in [2.75, 3.05) is 6.54 Å². The highest BCUT2D eigenvalue weighted by Gasteiger charge is 2.18. The lowest BCUT2D eigenvalue weighted by Crippen LogP contribution is -2.31. The van der Waals surface area contributed by atoms with Crippen molar-refractivity contribution in [3.8, 4) is 0 Å². The highest BCUT2D eigenvalue weighted by Crippen LogP contribution is 2.25. The van der Waals surface area contributed by atoms with Gasteiger partial charge in [0.1, 0.15) is 0 Å². The van der Waals surface area contributed by atoms with Crippen LogP contribution in [0.3, 0.4) is 0 Å². The first-order valence-corrected chi connectivity index (χ1v) is 6.19. The van der Waals surface area contributed by atoms with E-state index in [0.717, 1.165) is 18.0 Å². The molecule has 1 fully saturated rings. The average Bonchev–Trinajstić information content (AvgIpc) is 2.30. The molecule has 0 radical (unpaired) electrons. The van der Waals surface area contributed by atoms with Crippen LogP contribution in [0.25, 0.3) is 0 Å². The summed E-state index contributed by atoms with van der Waals surface area (Å²) in [5.41, 5.74) is 2.14. The number of carbonyl (C=O) groups is 1. The first kappa shape index (κ1) is 12.1. The normalized spacial score (nSPS) is 24.5. The molecule has 17 heavy (non-hydrogen) atoms. The summed E-state index contributed by atoms with van der Waals surface area (Å²) in [6.45, 7) is 3.33. The lowest BCUT2D eigenvalue weighted by Gasteiger charge is -2.28. The number of aliphatic carboxylic acids is 1. The summed E-state index contributed by atoms with van der Waals surface area (Å²) in [6, 6.07) is 8.37. The van der Waals surface area contributed by atoms with Crippen molar-refractivity contribution < 1.29 is 9.90 Å². The van der Waals surface area contributed by atoms with Gasteiger partial charge in [-0.25, -0.2) is 0 Å². The Morgan fingerprint density at radius 2 is 2.06 bits per heavy atom. The van der Waals surface area contributed by atoms with Crippen LogP contribution in [0.15, 0.2) is 24.3 Å². The van der Waals surface area contributed by atoms with E-state index in [-0.39, 0.29) is 6.42 Å². The largest absolute Gasteiger partial charge is 0.481 e. The average molecular weight is 233 g/mol. The van der Waals surface area contributed by atoms with Crippen LogP contribution >= 0.6 is 0 Å². The monoisotopic (exact) mass is 233 g/mol. The molecular weight excluding hydrogens is 214 g/mol. The molecule has 0 saturated carbocycles. The molecule has 1 heterocycles. The lowest BCUT2D eigenvalue weighted by atomic mass is 9.91. The number of piperidine rings is 1. The minimum absolute atomic E-state index is 0.107. The van der Waals surface area contributed by atoms with Crippen molar-refractivity contribution in [2.45, 2.75) is 32.2 Å². The maximum absolute atomic E-state index is 10.6. The van der Waals surface area contributed by atoms with Gasteiger partial charge in [-0.05, 0) is 36.4 Å². The smallest absolute Gasteiger partial charge is 0.307 e. The number of hydrogen-bond donors (Lipinski definition) is 2. The molecule has 2 N–H and O–H groups in total. The molecule has 1 saturated heterocycles. The third kappa shape index (κ3) is 3.30. The summed E-state index contributed by atoms with van der Waals surface area (Å²) in [5.74, 6) is -0.0140. The van der Waals surface area contributed by atoms with Gasteiger partial charge in [0.2, 0.25) is 0 Å². The van der Waals surface area contributed by atoms with Crippen LogP contribution in [0.5, 0.6) is 0 Å². The Hall–Kier alpha value is -1.35. The quantitative estimate of drug-likeness (QED) is 0.842. The summed E-state index contributed by atoms with van der Waals surface area (Å²) >= 11 is 0. The minimum atomic E-state index is -0.776. The van der Waals surface area contributed by atoms with E-state index < -0.39 is 5.97 Å². The van der Waals surface area contributed by atoms with Crippen molar-refractivity contribution in [3.05, 3.63) is 35.4 Å². The molecule has 0 amide bonds. The molecule has 0 bridgehead atoms. The van der Waals surface area contributed by atoms with Crippen molar-refractivity contribution in [1.82, 2.24) is 5.32 Å². The number of rotatable bonds is 3. The van der Waals surface area contributed by atoms with Crippen LogP contribution in [-0.4, -0.2) is 17.6 Å². The van der Waals surface area contributed by atoms with Gasteiger partial charge in [-0.3, -0.25) is 4.79 Å². The summed E-state index contributed by atoms with van der Waals surface area (Å²) in [5, 5.41) is 12.2. The van der Waals surface area contributed by atoms with Gasteiger partial charge in [0.15, 0.2) is 0 Å². The predicted octanol–water partition coefficient (Wildman–Crippen LogP) is 2.37. The van der Waals surface area contributed by atoms with Crippen molar-refractivity contribution >= 4 is 5.97 Å². The summed E-state index contributed by atoms with van der Waals surface area (Å²) in [7, 11) is 0. The van der Waals surface area contributed by atoms with Crippen molar-refractivity contribution in [1.29, 1.82) is 0 Å². The van der Waals surface area contributed by atoms with E-state index >= 15 is 0 Å². The number of nitrogens with one attached hydrogen (secondary N) is 1. The fourth-order valence-electron chi connectivity index (χ4n) is 2.33. The Morgan fingerprint density at radius 3 is 2.59 bits per heavy atom. The Kier molecular flexibility index (Phi) is 3.79. The fourth-order valence-corrected chi connectivity index (χ4v) is 2.33. The first-order chi connectivity index (χ1) is 8.15. The van der Waals surface area contributed by atoms with E-state index in [1.807, 2.05) is 24.3 Å². The van der Waals surface area contributed by atoms with E-state index in [1.165, 1.54) is 18.4 Å². The molecule has 1 aromatic rings. The third-order valence-corrected chi connectivity index (χ3v) is 3.40. The number of hydrogen-bond acceptors (Lipinski definition) is 2. The molecule has 1 aromatic carbocycles. The van der Waals surface area contributed by atoms with Crippen LogP contribution in [0.2, 0.25) is 0 Å². The SMILES string of the molecule is C[C@@H]1CC[C@@H](c2ccc(CC(=O)O)cc2)NC1. The highest BCUT2D eigenvalue weighted by atomic mass is 16.4. The molecule has 2 atom stereocenters. The van der Waals surface area contributed by atoms with Crippen molar-refractivity contribution in [2.24, 2.45) is 5.92 Å². The second-order valence-corrected chi connectivity index (χ2v) is 4.96. The highest BCUT2D eigenvalue weighted by molar-refractivity contribution is 5.70. The van der Waals surface area contributed by atoms with Crippen LogP contribution < -0.4 is 5.32 Å². The maximum atomic E-state index is 10.6. The molecular formula is C14H19NO2. The topological polar surface area (TPSA) is 49.3 Å². The van der Waals surface area contributed by atoms with Crippen LogP contribution in [0.4, 0.5) is 0 Å². The van der Waals surface area contributed by atoms with Crippen LogP contribution in [0, 0.1) is 5.92 Å². The second kappa shape index (κ2) is 5.32. The summed E-state index contributed by atoms with van der Waals surface area (Å²) < 4.78 is 0. The van der Waals surface area contributed by atoms with Gasteiger partial charge in [0.25, 0.3) is 0 Å². The second-order valence-electron chi connectivity index (χ2n) is 4.96. The molecule has 2 rings (SSSR count). The molecule has 0 unspecified atom stereocenters. The number of carboxylic acids is 1. The third-order valence-electron chi connectivity index (χ3n) is 3.40. The fraction of sp³-hybridized carbons (Fsp3) is 0.500. The molecule has 3 nitrogen and oxygen atoms in total. The Balaban J connectivity index is 2.00. The number of carboxylic acid groups (broad SMARTS) is 1. The van der Waals surface area contributed by atoms with Gasteiger partial charge in [-0.15, -0.1) is 0 Å². The van der Waals surface area contributed by atoms with Gasteiger partial charge in [0.05, 0.1) is 6.42 Å². The van der Waals surface area contributed by atoms with E-state index in [1.54, 1.807) is 0 Å². The Morgan fingerprint density at radius 1 is 1.35 bits per heavy atom. The zero-order chi connectivity index (χ0) is 12.3. The van der Waals surface area contributed by atoms with E-state index in [2.05, 4.69) is 12.2 Å². The van der Waals surface area contributed by atoms with Gasteiger partial charge in [-0.2, -0.15) is 0 Å². The zero-order valence-corrected chi connectivity index (χ0v) is 10.1. The first-order valence-electron chi connectivity index (χ1n) is 6.19. The van der Waals surface area contributed by atoms with Crippen LogP contribution in [-0.2, 0) is 11.2 Å². The molecule has 92 valence electrons. The molecule has 1 aliphatic heterocycles. The van der Waals surface area contributed by atoms with E-state index in [0.29, 0.717) is 6.04 Å². The summed E-state index contributed by atoms with van der Waals surface area (Å²) in [6.07, 6.45) is 2.53.